The van der Waals surface area contributed by atoms with Crippen LogP contribution in [0.3, 0.4) is 0 Å². The van der Waals surface area contributed by atoms with Crippen molar-refractivity contribution in [1.29, 1.82) is 0 Å². The molecule has 0 bridgehead atoms. The van der Waals surface area contributed by atoms with Crippen LogP contribution < -0.4 is 10.1 Å². The molecule has 0 radical (unpaired) electrons. The van der Waals surface area contributed by atoms with Crippen LogP contribution in [0.25, 0.3) is 0 Å². The van der Waals surface area contributed by atoms with Gasteiger partial charge in [0.25, 0.3) is 0 Å². The molecule has 0 spiro atoms. The van der Waals surface area contributed by atoms with Crippen LogP contribution in [-0.2, 0) is 5.41 Å². The van der Waals surface area contributed by atoms with E-state index in [1.807, 2.05) is 0 Å². The first-order valence-electron chi connectivity index (χ1n) is 8.51. The van der Waals surface area contributed by atoms with Crippen LogP contribution in [0.2, 0.25) is 5.28 Å². The van der Waals surface area contributed by atoms with Gasteiger partial charge in [0.05, 0.1) is 25.2 Å². The highest BCUT2D eigenvalue weighted by Gasteiger charge is 2.49. The van der Waals surface area contributed by atoms with Gasteiger partial charge in [-0.05, 0) is 48.9 Å². The molecule has 0 aromatic carbocycles. The number of ether oxygens (including phenoxy) is 1. The fourth-order valence-corrected chi connectivity index (χ4v) is 3.99. The first-order chi connectivity index (χ1) is 11.9. The SMILES string of the molecule is CC(C)(C)C1CNCC[C@@]1(CCOc1cnc(Cl)nc1)c1cnno1. The van der Waals surface area contributed by atoms with Crippen molar-refractivity contribution < 1.29 is 9.26 Å². The molecule has 7 nitrogen and oxygen atoms in total. The lowest BCUT2D eigenvalue weighted by Gasteiger charge is -2.48. The van der Waals surface area contributed by atoms with E-state index in [1.54, 1.807) is 18.6 Å². The van der Waals surface area contributed by atoms with Gasteiger partial charge in [-0.1, -0.05) is 20.8 Å². The molecule has 1 aliphatic rings. The lowest BCUT2D eigenvalue weighted by molar-refractivity contribution is 0.0473. The fourth-order valence-electron chi connectivity index (χ4n) is 3.89. The third-order valence-corrected chi connectivity index (χ3v) is 5.27. The van der Waals surface area contributed by atoms with Gasteiger partial charge in [0.1, 0.15) is 0 Å². The highest BCUT2D eigenvalue weighted by Crippen LogP contribution is 2.48. The van der Waals surface area contributed by atoms with Gasteiger partial charge < -0.3 is 14.6 Å². The minimum absolute atomic E-state index is 0.101. The van der Waals surface area contributed by atoms with Crippen LogP contribution in [0.4, 0.5) is 0 Å². The lowest BCUT2D eigenvalue weighted by atomic mass is 9.58. The Bertz CT molecular complexity index is 671. The zero-order valence-electron chi connectivity index (χ0n) is 14.8. The van der Waals surface area contributed by atoms with E-state index in [0.717, 1.165) is 31.7 Å². The molecule has 0 saturated carbocycles. The van der Waals surface area contributed by atoms with Crippen molar-refractivity contribution in [2.45, 2.75) is 39.0 Å². The minimum atomic E-state index is -0.166. The van der Waals surface area contributed by atoms with Gasteiger partial charge in [0, 0.05) is 10.7 Å². The molecule has 2 aromatic heterocycles. The summed E-state index contributed by atoms with van der Waals surface area (Å²) in [6, 6.07) is 0. The first kappa shape index (κ1) is 18.1. The predicted octanol–water partition coefficient (Wildman–Crippen LogP) is 2.88. The van der Waals surface area contributed by atoms with Crippen molar-refractivity contribution in [2.75, 3.05) is 19.7 Å². The van der Waals surface area contributed by atoms with Crippen LogP contribution in [0.15, 0.2) is 23.1 Å². The Balaban J connectivity index is 1.81. The summed E-state index contributed by atoms with van der Waals surface area (Å²) in [6.45, 7) is 9.16. The number of rotatable bonds is 5. The zero-order chi connectivity index (χ0) is 17.9. The van der Waals surface area contributed by atoms with Gasteiger partial charge in [-0.25, -0.2) is 9.97 Å². The molecule has 8 heteroatoms. The molecule has 0 amide bonds. The Morgan fingerprint density at radius 1 is 1.32 bits per heavy atom. The van der Waals surface area contributed by atoms with E-state index >= 15 is 0 Å². The molecule has 2 aromatic rings. The van der Waals surface area contributed by atoms with E-state index in [-0.39, 0.29) is 16.1 Å². The molecule has 3 rings (SSSR count). The maximum Gasteiger partial charge on any atom is 0.222 e. The average molecular weight is 366 g/mol. The quantitative estimate of drug-likeness (QED) is 0.815. The average Bonchev–Trinajstić information content (AvgIpc) is 3.11. The normalized spacial score (nSPS) is 24.2. The monoisotopic (exact) mass is 365 g/mol. The number of hydrogen-bond donors (Lipinski definition) is 1. The molecule has 1 fully saturated rings. The molecule has 1 unspecified atom stereocenters. The Hall–Kier alpha value is -1.73. The van der Waals surface area contributed by atoms with Crippen LogP contribution >= 0.6 is 11.6 Å². The first-order valence-corrected chi connectivity index (χ1v) is 8.88. The number of nitrogens with one attached hydrogen (secondary N) is 1. The molecular weight excluding hydrogens is 342 g/mol. The highest BCUT2D eigenvalue weighted by atomic mass is 35.5. The predicted molar refractivity (Wildman–Crippen MR) is 93.6 cm³/mol. The maximum atomic E-state index is 5.86. The molecule has 25 heavy (non-hydrogen) atoms. The van der Waals surface area contributed by atoms with Gasteiger partial charge in [0.15, 0.2) is 11.5 Å². The van der Waals surface area contributed by atoms with Crippen molar-refractivity contribution in [3.05, 3.63) is 29.6 Å². The third-order valence-electron chi connectivity index (χ3n) is 5.07. The van der Waals surface area contributed by atoms with Crippen LogP contribution in [0, 0.1) is 11.3 Å². The molecule has 136 valence electrons. The van der Waals surface area contributed by atoms with Gasteiger partial charge in [-0.15, -0.1) is 5.10 Å². The van der Waals surface area contributed by atoms with Gasteiger partial charge >= 0.3 is 0 Å². The summed E-state index contributed by atoms with van der Waals surface area (Å²) in [7, 11) is 0. The fraction of sp³-hybridized carbons (Fsp3) is 0.647. The van der Waals surface area contributed by atoms with Crippen LogP contribution in [0.5, 0.6) is 5.75 Å². The van der Waals surface area contributed by atoms with Gasteiger partial charge in [0.2, 0.25) is 5.28 Å². The second kappa shape index (κ2) is 7.25. The Morgan fingerprint density at radius 3 is 2.72 bits per heavy atom. The third kappa shape index (κ3) is 3.93. The van der Waals surface area contributed by atoms with E-state index in [4.69, 9.17) is 20.9 Å². The summed E-state index contributed by atoms with van der Waals surface area (Å²) in [4.78, 5) is 7.89. The van der Waals surface area contributed by atoms with Crippen molar-refractivity contribution in [2.24, 2.45) is 11.3 Å². The van der Waals surface area contributed by atoms with Gasteiger partial charge in [-0.2, -0.15) is 0 Å². The van der Waals surface area contributed by atoms with Crippen LogP contribution in [0.1, 0.15) is 39.4 Å². The smallest absolute Gasteiger partial charge is 0.222 e. The number of nitrogens with zero attached hydrogens (tertiary/aromatic N) is 4. The molecule has 1 N–H and O–H groups in total. The topological polar surface area (TPSA) is 86.0 Å². The summed E-state index contributed by atoms with van der Waals surface area (Å²) < 4.78 is 11.4. The van der Waals surface area contributed by atoms with E-state index in [1.165, 1.54) is 0 Å². The number of piperidine rings is 1. The second-order valence-corrected chi connectivity index (χ2v) is 7.93. The van der Waals surface area contributed by atoms with Crippen molar-refractivity contribution in [1.82, 2.24) is 25.7 Å². The second-order valence-electron chi connectivity index (χ2n) is 7.60. The van der Waals surface area contributed by atoms with Crippen molar-refractivity contribution in [3.8, 4) is 5.75 Å². The molecule has 3 heterocycles. The van der Waals surface area contributed by atoms with Crippen LogP contribution in [-0.4, -0.2) is 40.0 Å². The zero-order valence-corrected chi connectivity index (χ0v) is 15.6. The summed E-state index contributed by atoms with van der Waals surface area (Å²) in [5.41, 5.74) is -0.0656. The van der Waals surface area contributed by atoms with E-state index in [2.05, 4.69) is 46.4 Å². The Labute approximate surface area is 152 Å². The molecular formula is C17H24ClN5O2. The largest absolute Gasteiger partial charge is 0.490 e. The van der Waals surface area contributed by atoms with E-state index in [9.17, 15) is 0 Å². The van der Waals surface area contributed by atoms with Gasteiger partial charge in [-0.3, -0.25) is 0 Å². The minimum Gasteiger partial charge on any atom is -0.490 e. The maximum absolute atomic E-state index is 5.86. The van der Waals surface area contributed by atoms with E-state index in [0.29, 0.717) is 18.3 Å². The number of hydrogen-bond acceptors (Lipinski definition) is 7. The summed E-state index contributed by atoms with van der Waals surface area (Å²) in [5.74, 6) is 1.81. The molecule has 1 saturated heterocycles. The summed E-state index contributed by atoms with van der Waals surface area (Å²) in [6.07, 6.45) is 6.67. The summed E-state index contributed by atoms with van der Waals surface area (Å²) in [5, 5.41) is 11.4. The number of aromatic nitrogens is 4. The molecule has 0 aliphatic carbocycles. The highest BCUT2D eigenvalue weighted by molar-refractivity contribution is 6.28. The van der Waals surface area contributed by atoms with Crippen molar-refractivity contribution >= 4 is 11.6 Å². The lowest BCUT2D eigenvalue weighted by Crippen LogP contribution is -2.53. The Morgan fingerprint density at radius 2 is 2.08 bits per heavy atom. The summed E-state index contributed by atoms with van der Waals surface area (Å²) >= 11 is 5.72. The van der Waals surface area contributed by atoms with E-state index < -0.39 is 0 Å². The van der Waals surface area contributed by atoms with Crippen molar-refractivity contribution in [3.63, 3.8) is 0 Å². The molecule has 2 atom stereocenters. The Kier molecular flexibility index (Phi) is 5.24. The molecule has 1 aliphatic heterocycles. The standard InChI is InChI=1S/C17H24ClN5O2/c1-16(2,3)13-10-19-6-4-17(13,14-11-22-23-25-14)5-7-24-12-8-20-15(18)21-9-12/h8-9,11,13,19H,4-7,10H2,1-3H3/t13?,17-/m0/s1. The number of halogens is 1.